The molecule has 2 rings (SSSR count). The number of amides is 1. The molecule has 10 nitrogen and oxygen atoms in total. The van der Waals surface area contributed by atoms with Crippen molar-refractivity contribution in [1.29, 1.82) is 5.41 Å². The average Bonchev–Trinajstić information content (AvgIpc) is 2.66. The molecule has 150 valence electrons. The van der Waals surface area contributed by atoms with Crippen LogP contribution in [0.5, 0.6) is 5.75 Å². The van der Waals surface area contributed by atoms with E-state index >= 15 is 0 Å². The minimum atomic E-state index is -3.67. The number of rotatable bonds is 3. The molecule has 0 spiro atoms. The van der Waals surface area contributed by atoms with Gasteiger partial charge in [0.25, 0.3) is 16.0 Å². The number of sulfone groups is 1. The Balaban J connectivity index is 0.000000646. The van der Waals surface area contributed by atoms with Crippen LogP contribution in [0.15, 0.2) is 23.8 Å². The maximum absolute atomic E-state index is 11.9. The van der Waals surface area contributed by atoms with Gasteiger partial charge in [-0.3, -0.25) is 20.1 Å². The van der Waals surface area contributed by atoms with Gasteiger partial charge in [0.05, 0.1) is 18.6 Å². The van der Waals surface area contributed by atoms with Crippen LogP contribution in [-0.2, 0) is 30.5 Å². The van der Waals surface area contributed by atoms with Gasteiger partial charge in [-0.25, -0.2) is 8.42 Å². The minimum Gasteiger partial charge on any atom is -0.492 e. The van der Waals surface area contributed by atoms with E-state index in [1.165, 1.54) is 0 Å². The average molecular weight is 419 g/mol. The molecule has 0 fully saturated rings. The molecule has 27 heavy (non-hydrogen) atoms. The highest BCUT2D eigenvalue weighted by Crippen LogP contribution is 2.30. The summed E-state index contributed by atoms with van der Waals surface area (Å²) in [5, 5.41) is 9.32. The van der Waals surface area contributed by atoms with E-state index < -0.39 is 31.8 Å². The summed E-state index contributed by atoms with van der Waals surface area (Å²) in [7, 11) is -6.86. The second-order valence-electron chi connectivity index (χ2n) is 5.77. The van der Waals surface area contributed by atoms with E-state index in [0.717, 1.165) is 6.26 Å². The van der Waals surface area contributed by atoms with E-state index in [0.29, 0.717) is 35.1 Å². The van der Waals surface area contributed by atoms with Crippen LogP contribution in [0.2, 0.25) is 0 Å². The summed E-state index contributed by atoms with van der Waals surface area (Å²) in [5.41, 5.74) is 6.77. The Hall–Kier alpha value is -2.44. The van der Waals surface area contributed by atoms with Gasteiger partial charge in [-0.05, 0) is 6.08 Å². The number of fused-ring (bicyclic) bond motifs is 1. The van der Waals surface area contributed by atoms with Crippen molar-refractivity contribution in [3.05, 3.63) is 34.9 Å². The number of hydrogen-bond acceptors (Lipinski definition) is 7. The summed E-state index contributed by atoms with van der Waals surface area (Å²) >= 11 is 0. The normalized spacial score (nSPS) is 13.7. The molecule has 0 aliphatic carbocycles. The van der Waals surface area contributed by atoms with Crippen molar-refractivity contribution >= 4 is 37.9 Å². The third-order valence-electron chi connectivity index (χ3n) is 3.03. The topological polar surface area (TPSA) is 177 Å². The largest absolute Gasteiger partial charge is 0.492 e. The lowest BCUT2D eigenvalue weighted by Crippen LogP contribution is -2.36. The second kappa shape index (κ2) is 8.97. The molecule has 0 saturated carbocycles. The van der Waals surface area contributed by atoms with Crippen LogP contribution in [0.1, 0.15) is 17.5 Å². The zero-order valence-corrected chi connectivity index (χ0v) is 16.4. The van der Waals surface area contributed by atoms with Crippen molar-refractivity contribution in [3.63, 3.8) is 0 Å². The first-order chi connectivity index (χ1) is 12.3. The smallest absolute Gasteiger partial charge is 0.261 e. The van der Waals surface area contributed by atoms with Crippen molar-refractivity contribution in [2.75, 3.05) is 19.1 Å². The molecule has 1 amide bonds. The van der Waals surface area contributed by atoms with Crippen LogP contribution < -0.4 is 15.8 Å². The molecule has 0 saturated heterocycles. The van der Waals surface area contributed by atoms with Gasteiger partial charge in [0.15, 0.2) is 15.8 Å². The maximum Gasteiger partial charge on any atom is 0.261 e. The van der Waals surface area contributed by atoms with Gasteiger partial charge in [-0.15, -0.1) is 0 Å². The number of benzene rings is 1. The molecule has 0 unspecified atom stereocenters. The van der Waals surface area contributed by atoms with E-state index in [1.54, 1.807) is 24.3 Å². The predicted octanol–water partition coefficient (Wildman–Crippen LogP) is -0.0892. The number of ether oxygens (including phenoxy) is 1. The molecule has 1 aromatic carbocycles. The highest BCUT2D eigenvalue weighted by atomic mass is 32.2. The molecular formula is C15H21N3O7S2. The minimum absolute atomic E-state index is 0.126. The quantitative estimate of drug-likeness (QED) is 0.298. The fraction of sp³-hybridized carbons (Fsp3) is 0.333. The third kappa shape index (κ3) is 9.17. The fourth-order valence-corrected chi connectivity index (χ4v) is 2.99. The molecule has 1 heterocycles. The molecule has 0 radical (unpaired) electrons. The van der Waals surface area contributed by atoms with Crippen LogP contribution in [0, 0.1) is 5.41 Å². The van der Waals surface area contributed by atoms with Gasteiger partial charge < -0.3 is 10.5 Å². The molecule has 5 N–H and O–H groups in total. The highest BCUT2D eigenvalue weighted by Gasteiger charge is 2.19. The number of nitrogens with two attached hydrogens (primary N) is 1. The van der Waals surface area contributed by atoms with Gasteiger partial charge in [-0.1, -0.05) is 18.2 Å². The first-order valence-corrected chi connectivity index (χ1v) is 11.4. The van der Waals surface area contributed by atoms with Crippen molar-refractivity contribution in [1.82, 2.24) is 5.32 Å². The Kier molecular flexibility index (Phi) is 7.51. The summed E-state index contributed by atoms with van der Waals surface area (Å²) in [6.45, 7) is 0.241. The molecule has 0 atom stereocenters. The maximum atomic E-state index is 11.9. The Labute approximate surface area is 157 Å². The number of carbonyl (C=O) groups is 1. The molecule has 1 aliphatic rings. The molecule has 0 bridgehead atoms. The number of hydrogen-bond donors (Lipinski definition) is 4. The number of carbonyl (C=O) groups excluding carboxylic acids is 1. The van der Waals surface area contributed by atoms with Crippen molar-refractivity contribution in [3.8, 4) is 5.75 Å². The Bertz CT molecular complexity index is 959. The third-order valence-corrected chi connectivity index (χ3v) is 3.87. The summed E-state index contributed by atoms with van der Waals surface area (Å²) in [5.74, 6) is -0.544. The fourth-order valence-electron chi connectivity index (χ4n) is 2.20. The predicted molar refractivity (Wildman–Crippen MR) is 101 cm³/mol. The van der Waals surface area contributed by atoms with Crippen molar-refractivity contribution in [2.24, 2.45) is 5.73 Å². The van der Waals surface area contributed by atoms with E-state index in [2.05, 4.69) is 5.32 Å². The van der Waals surface area contributed by atoms with Crippen LogP contribution in [0.25, 0.3) is 6.08 Å². The van der Waals surface area contributed by atoms with E-state index in [4.69, 9.17) is 20.4 Å². The van der Waals surface area contributed by atoms with Gasteiger partial charge in [-0.2, -0.15) is 8.42 Å². The highest BCUT2D eigenvalue weighted by molar-refractivity contribution is 7.89. The summed E-state index contributed by atoms with van der Waals surface area (Å²) in [6, 6.07) is 5.15. The van der Waals surface area contributed by atoms with E-state index in [9.17, 15) is 21.6 Å². The summed E-state index contributed by atoms with van der Waals surface area (Å²) in [6.07, 6.45) is 3.84. The molecule has 0 aromatic heterocycles. The Morgan fingerprint density at radius 2 is 1.89 bits per heavy atom. The molecule has 1 aliphatic heterocycles. The van der Waals surface area contributed by atoms with E-state index in [-0.39, 0.29) is 12.4 Å². The van der Waals surface area contributed by atoms with Crippen LogP contribution in [0.3, 0.4) is 0 Å². The number of guanidine groups is 1. The zero-order valence-electron chi connectivity index (χ0n) is 14.7. The van der Waals surface area contributed by atoms with E-state index in [1.807, 2.05) is 0 Å². The van der Waals surface area contributed by atoms with Crippen molar-refractivity contribution in [2.45, 2.75) is 12.2 Å². The molecule has 1 aromatic rings. The summed E-state index contributed by atoms with van der Waals surface area (Å²) < 4.78 is 54.5. The van der Waals surface area contributed by atoms with Gasteiger partial charge in [0.2, 0.25) is 0 Å². The van der Waals surface area contributed by atoms with Gasteiger partial charge in [0, 0.05) is 29.4 Å². The Morgan fingerprint density at radius 1 is 1.30 bits per heavy atom. The molecular weight excluding hydrogens is 398 g/mol. The first kappa shape index (κ1) is 22.6. The Morgan fingerprint density at radius 3 is 2.41 bits per heavy atom. The van der Waals surface area contributed by atoms with Crippen LogP contribution in [0.4, 0.5) is 0 Å². The number of nitrogens with one attached hydrogen (secondary N) is 2. The number of para-hydroxylation sites is 1. The van der Waals surface area contributed by atoms with Crippen LogP contribution >= 0.6 is 0 Å². The summed E-state index contributed by atoms with van der Waals surface area (Å²) in [4.78, 5) is 11.9. The van der Waals surface area contributed by atoms with Crippen molar-refractivity contribution < 1.29 is 30.9 Å². The first-order valence-electron chi connectivity index (χ1n) is 7.47. The van der Waals surface area contributed by atoms with Crippen LogP contribution in [-0.4, -0.2) is 52.4 Å². The second-order valence-corrected chi connectivity index (χ2v) is 9.38. The SMILES string of the molecule is CS(=O)(=O)Cc1cccc2c1OCCC(C(=O)NC(=N)N)=C2.CS(=O)(=O)O. The monoisotopic (exact) mass is 419 g/mol. The van der Waals surface area contributed by atoms with Gasteiger partial charge in [0.1, 0.15) is 5.75 Å². The lowest BCUT2D eigenvalue weighted by molar-refractivity contribution is -0.116. The standard InChI is InChI=1S/C14H17N3O4S.CH4O3S/c1-22(19,20)8-11-4-2-3-9-7-10(5-6-21-12(9)11)13(18)17-14(15)16;1-5(2,3)4/h2-4,7H,5-6,8H2,1H3,(H4,15,16,17,18);1H3,(H,2,3,4). The lowest BCUT2D eigenvalue weighted by Gasteiger charge is -2.11. The van der Waals surface area contributed by atoms with Gasteiger partial charge >= 0.3 is 0 Å². The zero-order chi connectivity index (χ0) is 20.8. The lowest BCUT2D eigenvalue weighted by atomic mass is 10.1. The molecule has 12 heteroatoms.